The van der Waals surface area contributed by atoms with E-state index in [2.05, 4.69) is 0 Å². The van der Waals surface area contributed by atoms with Crippen LogP contribution in [0, 0.1) is 16.7 Å². The van der Waals surface area contributed by atoms with Crippen LogP contribution in [-0.4, -0.2) is 131 Å². The molecular formula is C46H70O17. The zero-order valence-corrected chi connectivity index (χ0v) is 38.5. The first kappa shape index (κ1) is 51.9. The molecule has 0 amide bonds. The first-order valence-corrected chi connectivity index (χ1v) is 22.0. The average molecular weight is 895 g/mol. The molecule has 356 valence electrons. The second kappa shape index (κ2) is 21.5. The Morgan fingerprint density at radius 1 is 0.857 bits per heavy atom. The number of aliphatic hydroxyl groups is 4. The molecule has 4 aliphatic rings. The molecule has 0 aromatic heterocycles. The van der Waals surface area contributed by atoms with Crippen LogP contribution >= 0.6 is 0 Å². The van der Waals surface area contributed by atoms with Gasteiger partial charge in [-0.05, 0) is 44.1 Å². The molecule has 4 rings (SSSR count). The van der Waals surface area contributed by atoms with E-state index in [1.54, 1.807) is 46.8 Å². The van der Waals surface area contributed by atoms with E-state index in [0.717, 1.165) is 6.08 Å². The zero-order chi connectivity index (χ0) is 47.1. The number of ether oxygens (including phenoxy) is 8. The predicted octanol–water partition coefficient (Wildman–Crippen LogP) is 4.19. The van der Waals surface area contributed by atoms with Crippen LogP contribution < -0.4 is 0 Å². The van der Waals surface area contributed by atoms with Gasteiger partial charge < -0.3 is 58.3 Å². The van der Waals surface area contributed by atoms with Crippen molar-refractivity contribution in [1.29, 1.82) is 0 Å². The number of aliphatic hydroxyl groups excluding tert-OH is 2. The second-order valence-corrected chi connectivity index (χ2v) is 19.0. The third-order valence-corrected chi connectivity index (χ3v) is 12.5. The van der Waals surface area contributed by atoms with Gasteiger partial charge in [-0.25, -0.2) is 9.59 Å². The number of hydrogen-bond donors (Lipinski definition) is 4. The SMILES string of the molecule is CCCC(=O)O[C@H]1/C(=C/C(=O)OC)C[C@@H]2C[C@H]([C@@H](C)O)OC(=O)C[C@H](O)C[C@@H]3C[C@H](OC(=O)CC(C)C)C(C)(C)[C@](O)(C[C@@H]4C/C(=C/C(=O)OC)C[C@H](/C=C/C(C)(C)[C@]1(O)O2)O4)O3. The molecule has 0 saturated carbocycles. The minimum absolute atomic E-state index is 0.00780. The fourth-order valence-corrected chi connectivity index (χ4v) is 8.68. The van der Waals surface area contributed by atoms with Crippen molar-refractivity contribution in [3.8, 4) is 0 Å². The molecule has 3 fully saturated rings. The van der Waals surface area contributed by atoms with Gasteiger partial charge in [0.15, 0.2) is 11.9 Å². The lowest BCUT2D eigenvalue weighted by molar-refractivity contribution is -0.349. The molecule has 6 bridgehead atoms. The Morgan fingerprint density at radius 2 is 1.52 bits per heavy atom. The maximum absolute atomic E-state index is 13.5. The van der Waals surface area contributed by atoms with Crippen LogP contribution in [0.1, 0.15) is 126 Å². The van der Waals surface area contributed by atoms with Crippen LogP contribution in [0.2, 0.25) is 0 Å². The molecule has 0 aliphatic carbocycles. The summed E-state index contributed by atoms with van der Waals surface area (Å²) >= 11 is 0. The fraction of sp³-hybridized carbons (Fsp3) is 0.761. The lowest BCUT2D eigenvalue weighted by Gasteiger charge is -2.54. The van der Waals surface area contributed by atoms with Crippen molar-refractivity contribution in [2.24, 2.45) is 16.7 Å². The number of cyclic esters (lactones) is 1. The summed E-state index contributed by atoms with van der Waals surface area (Å²) in [4.78, 5) is 65.1. The van der Waals surface area contributed by atoms with Gasteiger partial charge in [0.1, 0.15) is 12.2 Å². The highest BCUT2D eigenvalue weighted by atomic mass is 16.7. The molecule has 17 nitrogen and oxygen atoms in total. The summed E-state index contributed by atoms with van der Waals surface area (Å²) in [7, 11) is 2.42. The van der Waals surface area contributed by atoms with Crippen molar-refractivity contribution >= 4 is 29.8 Å². The summed E-state index contributed by atoms with van der Waals surface area (Å²) in [6.07, 6.45) is -4.43. The van der Waals surface area contributed by atoms with Crippen LogP contribution in [0.4, 0.5) is 0 Å². The molecule has 11 atom stereocenters. The number of fused-ring (bicyclic) bond motifs is 6. The molecule has 0 aromatic carbocycles. The Kier molecular flexibility index (Phi) is 17.7. The molecule has 0 aromatic rings. The topological polar surface area (TPSA) is 240 Å². The Hall–Kier alpha value is -3.71. The van der Waals surface area contributed by atoms with Gasteiger partial charge >= 0.3 is 29.8 Å². The lowest BCUT2D eigenvalue weighted by Crippen LogP contribution is -2.62. The van der Waals surface area contributed by atoms with Crippen molar-refractivity contribution in [1.82, 2.24) is 0 Å². The molecule has 4 heterocycles. The molecule has 4 N–H and O–H groups in total. The number of carbonyl (C=O) groups excluding carboxylic acids is 5. The standard InChI is InChI=1S/C46H70O17/c1-11-12-37(49)61-42-29(20-39(51)57-10)19-32-23-35(27(4)47)59-41(53)22-30(48)21-33-24-36(60-40(52)15-26(2)3)44(7,8)45(54,62-33)25-34-17-28(18-38(50)56-9)16-31(58-34)13-14-43(5,6)46(42,55)63-32/h13-14,18,20,26-27,30-36,42,47-48,54-55H,11-12,15-17,19,21-25H2,1-10H3/b14-13+,28-18+,29-20+/t27-,30-,31+,32-,33-,34+,35-,36+,42+,45+,46-/m1/s1. The first-order valence-electron chi connectivity index (χ1n) is 22.0. The molecule has 17 heteroatoms. The average Bonchev–Trinajstić information content (AvgIpc) is 3.16. The third kappa shape index (κ3) is 13.2. The summed E-state index contributed by atoms with van der Waals surface area (Å²) in [5.74, 6) is -7.91. The van der Waals surface area contributed by atoms with Gasteiger partial charge in [-0.1, -0.05) is 66.2 Å². The van der Waals surface area contributed by atoms with E-state index in [0.29, 0.717) is 12.0 Å². The summed E-state index contributed by atoms with van der Waals surface area (Å²) in [5, 5.41) is 47.7. The fourth-order valence-electron chi connectivity index (χ4n) is 8.68. The van der Waals surface area contributed by atoms with Gasteiger partial charge in [-0.2, -0.15) is 0 Å². The van der Waals surface area contributed by atoms with Gasteiger partial charge in [0.2, 0.25) is 5.79 Å². The molecular weight excluding hydrogens is 824 g/mol. The Balaban J connectivity index is 1.88. The van der Waals surface area contributed by atoms with E-state index < -0.39 is 114 Å². The highest BCUT2D eigenvalue weighted by Gasteiger charge is 2.59. The Morgan fingerprint density at radius 3 is 2.14 bits per heavy atom. The first-order chi connectivity index (χ1) is 29.3. The molecule has 63 heavy (non-hydrogen) atoms. The van der Waals surface area contributed by atoms with Gasteiger partial charge in [-0.3, -0.25) is 14.4 Å². The van der Waals surface area contributed by atoms with Crippen molar-refractivity contribution in [3.05, 3.63) is 35.5 Å². The molecule has 0 radical (unpaired) electrons. The van der Waals surface area contributed by atoms with Gasteiger partial charge in [0.25, 0.3) is 0 Å². The minimum atomic E-state index is -2.41. The summed E-state index contributed by atoms with van der Waals surface area (Å²) in [6.45, 7) is 13.6. The van der Waals surface area contributed by atoms with Crippen LogP contribution in [0.5, 0.6) is 0 Å². The van der Waals surface area contributed by atoms with E-state index in [1.807, 2.05) is 13.8 Å². The summed E-state index contributed by atoms with van der Waals surface area (Å²) in [5.41, 5.74) is -1.97. The van der Waals surface area contributed by atoms with Crippen LogP contribution in [0.15, 0.2) is 35.5 Å². The smallest absolute Gasteiger partial charge is 0.330 e. The monoisotopic (exact) mass is 894 g/mol. The van der Waals surface area contributed by atoms with Crippen molar-refractivity contribution in [3.63, 3.8) is 0 Å². The minimum Gasteiger partial charge on any atom is -0.466 e. The summed E-state index contributed by atoms with van der Waals surface area (Å²) in [6, 6.07) is 0. The van der Waals surface area contributed by atoms with E-state index in [1.165, 1.54) is 27.2 Å². The van der Waals surface area contributed by atoms with Crippen molar-refractivity contribution in [2.45, 2.75) is 193 Å². The summed E-state index contributed by atoms with van der Waals surface area (Å²) < 4.78 is 47.0. The van der Waals surface area contributed by atoms with Gasteiger partial charge in [0.05, 0.1) is 62.7 Å². The molecule has 3 saturated heterocycles. The number of hydrogen-bond acceptors (Lipinski definition) is 17. The largest absolute Gasteiger partial charge is 0.466 e. The predicted molar refractivity (Wildman–Crippen MR) is 224 cm³/mol. The zero-order valence-electron chi connectivity index (χ0n) is 38.5. The lowest BCUT2D eigenvalue weighted by atomic mass is 9.70. The molecule has 4 aliphatic heterocycles. The number of esters is 5. The van der Waals surface area contributed by atoms with Gasteiger partial charge in [0, 0.05) is 56.1 Å². The Labute approximate surface area is 370 Å². The normalized spacial score (nSPS) is 36.0. The Bertz CT molecular complexity index is 1730. The number of carbonyl (C=O) groups is 5. The van der Waals surface area contributed by atoms with Crippen LogP contribution in [0.3, 0.4) is 0 Å². The molecule has 0 spiro atoms. The van der Waals surface area contributed by atoms with Gasteiger partial charge in [-0.15, -0.1) is 0 Å². The number of methoxy groups -OCH3 is 2. The maximum atomic E-state index is 13.5. The van der Waals surface area contributed by atoms with Crippen LogP contribution in [0.25, 0.3) is 0 Å². The number of rotatable bonds is 9. The highest BCUT2D eigenvalue weighted by molar-refractivity contribution is 5.83. The van der Waals surface area contributed by atoms with Crippen LogP contribution in [-0.2, 0) is 61.9 Å². The molecule has 0 unspecified atom stereocenters. The maximum Gasteiger partial charge on any atom is 0.330 e. The third-order valence-electron chi connectivity index (χ3n) is 12.5. The van der Waals surface area contributed by atoms with E-state index in [-0.39, 0.29) is 69.3 Å². The second-order valence-electron chi connectivity index (χ2n) is 19.0. The van der Waals surface area contributed by atoms with E-state index >= 15 is 0 Å². The van der Waals surface area contributed by atoms with Crippen molar-refractivity contribution < 1.29 is 82.3 Å². The highest BCUT2D eigenvalue weighted by Crippen LogP contribution is 2.50. The van der Waals surface area contributed by atoms with E-state index in [4.69, 9.17) is 37.9 Å². The van der Waals surface area contributed by atoms with Crippen molar-refractivity contribution in [2.75, 3.05) is 14.2 Å². The van der Waals surface area contributed by atoms with E-state index in [9.17, 15) is 44.4 Å². The quantitative estimate of drug-likeness (QED) is 0.110.